The standard InChI is InChI=1S/C17H26O9/c1-22-14(19)11-13(17(21)23-2)26-15(20)10-12(18)6-5-9-25-16-7-3-4-8-24-16/h13,16H,3-11H2,1-2H3/t13-,16?/m0/s1. The molecule has 0 aromatic rings. The molecule has 0 N–H and O–H groups in total. The highest BCUT2D eigenvalue weighted by atomic mass is 16.7. The number of ether oxygens (including phenoxy) is 5. The van der Waals surface area contributed by atoms with Crippen LogP contribution in [0.5, 0.6) is 0 Å². The van der Waals surface area contributed by atoms with E-state index < -0.39 is 36.9 Å². The van der Waals surface area contributed by atoms with E-state index in [1.807, 2.05) is 0 Å². The van der Waals surface area contributed by atoms with Gasteiger partial charge < -0.3 is 23.7 Å². The van der Waals surface area contributed by atoms with Crippen LogP contribution in [0, 0.1) is 0 Å². The van der Waals surface area contributed by atoms with E-state index >= 15 is 0 Å². The van der Waals surface area contributed by atoms with Crippen molar-refractivity contribution in [3.63, 3.8) is 0 Å². The first-order valence-corrected chi connectivity index (χ1v) is 8.55. The molecule has 0 radical (unpaired) electrons. The number of ketones is 1. The molecule has 0 saturated carbocycles. The van der Waals surface area contributed by atoms with E-state index in [9.17, 15) is 19.2 Å². The van der Waals surface area contributed by atoms with Gasteiger partial charge in [0.05, 0.1) is 27.2 Å². The zero-order chi connectivity index (χ0) is 19.4. The number of rotatable bonds is 11. The molecular formula is C17H26O9. The smallest absolute Gasteiger partial charge is 0.347 e. The van der Waals surface area contributed by atoms with Crippen LogP contribution in [0.2, 0.25) is 0 Å². The van der Waals surface area contributed by atoms with E-state index in [0.717, 1.165) is 33.5 Å². The number of esters is 3. The molecule has 1 rings (SSSR count). The van der Waals surface area contributed by atoms with E-state index in [4.69, 9.17) is 14.2 Å². The minimum Gasteiger partial charge on any atom is -0.469 e. The first-order valence-electron chi connectivity index (χ1n) is 8.55. The number of carbonyl (C=O) groups is 4. The highest BCUT2D eigenvalue weighted by Gasteiger charge is 2.28. The lowest BCUT2D eigenvalue weighted by Crippen LogP contribution is -2.32. The summed E-state index contributed by atoms with van der Waals surface area (Å²) in [7, 11) is 2.24. The second-order valence-corrected chi connectivity index (χ2v) is 5.77. The fourth-order valence-corrected chi connectivity index (χ4v) is 2.32. The van der Waals surface area contributed by atoms with Gasteiger partial charge in [0.15, 0.2) is 6.29 Å². The maximum absolute atomic E-state index is 11.8. The summed E-state index contributed by atoms with van der Waals surface area (Å²) >= 11 is 0. The molecule has 1 heterocycles. The summed E-state index contributed by atoms with van der Waals surface area (Å²) in [5.41, 5.74) is 0. The Bertz CT molecular complexity index is 483. The van der Waals surface area contributed by atoms with Gasteiger partial charge in [0.2, 0.25) is 6.10 Å². The molecule has 0 aromatic heterocycles. The van der Waals surface area contributed by atoms with Crippen molar-refractivity contribution in [1.29, 1.82) is 0 Å². The molecule has 1 saturated heterocycles. The molecule has 9 heteroatoms. The second kappa shape index (κ2) is 12.4. The monoisotopic (exact) mass is 374 g/mol. The minimum absolute atomic E-state index is 0.141. The van der Waals surface area contributed by atoms with Crippen molar-refractivity contribution in [2.75, 3.05) is 27.4 Å². The van der Waals surface area contributed by atoms with Gasteiger partial charge in [-0.05, 0) is 25.7 Å². The van der Waals surface area contributed by atoms with Crippen molar-refractivity contribution in [2.45, 2.75) is 57.3 Å². The average molecular weight is 374 g/mol. The van der Waals surface area contributed by atoms with Gasteiger partial charge in [0.25, 0.3) is 0 Å². The Morgan fingerprint density at radius 1 is 1.08 bits per heavy atom. The van der Waals surface area contributed by atoms with Crippen molar-refractivity contribution in [3.8, 4) is 0 Å². The third-order valence-corrected chi connectivity index (χ3v) is 3.70. The molecule has 26 heavy (non-hydrogen) atoms. The van der Waals surface area contributed by atoms with Gasteiger partial charge in [0, 0.05) is 13.0 Å². The zero-order valence-corrected chi connectivity index (χ0v) is 15.2. The second-order valence-electron chi connectivity index (χ2n) is 5.77. The van der Waals surface area contributed by atoms with E-state index in [0.29, 0.717) is 19.6 Å². The summed E-state index contributed by atoms with van der Waals surface area (Å²) in [5, 5.41) is 0. The van der Waals surface area contributed by atoms with Crippen molar-refractivity contribution in [2.24, 2.45) is 0 Å². The lowest BCUT2D eigenvalue weighted by Gasteiger charge is -2.22. The van der Waals surface area contributed by atoms with E-state index in [1.54, 1.807) is 0 Å². The number of methoxy groups -OCH3 is 2. The molecule has 1 aliphatic rings. The lowest BCUT2D eigenvalue weighted by molar-refractivity contribution is -0.170. The molecule has 1 fully saturated rings. The highest BCUT2D eigenvalue weighted by molar-refractivity contribution is 5.96. The molecule has 1 aliphatic heterocycles. The van der Waals surface area contributed by atoms with Crippen LogP contribution in [0.25, 0.3) is 0 Å². The van der Waals surface area contributed by atoms with Crippen LogP contribution in [0.15, 0.2) is 0 Å². The Morgan fingerprint density at radius 3 is 2.46 bits per heavy atom. The number of Topliss-reactive ketones (excluding diaryl/α,β-unsaturated/α-hetero) is 1. The largest absolute Gasteiger partial charge is 0.469 e. The maximum atomic E-state index is 11.8. The van der Waals surface area contributed by atoms with Crippen LogP contribution in [0.3, 0.4) is 0 Å². The Hall–Kier alpha value is -2.00. The number of carbonyl (C=O) groups excluding carboxylic acids is 4. The first-order chi connectivity index (χ1) is 12.5. The SMILES string of the molecule is COC(=O)C[C@H](OC(=O)CC(=O)CCCOC1CCCCO1)C(=O)OC. The summed E-state index contributed by atoms with van der Waals surface area (Å²) in [6, 6.07) is 0. The Labute approximate surface area is 152 Å². The highest BCUT2D eigenvalue weighted by Crippen LogP contribution is 2.14. The third kappa shape index (κ3) is 8.91. The van der Waals surface area contributed by atoms with E-state index in [2.05, 4.69) is 9.47 Å². The molecule has 0 amide bonds. The quantitative estimate of drug-likeness (QED) is 0.225. The molecular weight excluding hydrogens is 348 g/mol. The fourth-order valence-electron chi connectivity index (χ4n) is 2.32. The first kappa shape index (κ1) is 22.0. The number of hydrogen-bond donors (Lipinski definition) is 0. The van der Waals surface area contributed by atoms with Gasteiger partial charge in [-0.15, -0.1) is 0 Å². The predicted octanol–water partition coefficient (Wildman–Crippen LogP) is 0.917. The molecule has 2 atom stereocenters. The third-order valence-electron chi connectivity index (χ3n) is 3.70. The van der Waals surface area contributed by atoms with Crippen molar-refractivity contribution in [3.05, 3.63) is 0 Å². The summed E-state index contributed by atoms with van der Waals surface area (Å²) in [6.07, 6.45) is 0.909. The van der Waals surface area contributed by atoms with Crippen LogP contribution in [-0.2, 0) is 42.9 Å². The molecule has 0 aromatic carbocycles. The van der Waals surface area contributed by atoms with Crippen molar-refractivity contribution < 1.29 is 42.9 Å². The van der Waals surface area contributed by atoms with Crippen molar-refractivity contribution in [1.82, 2.24) is 0 Å². The molecule has 0 spiro atoms. The molecule has 9 nitrogen and oxygen atoms in total. The van der Waals surface area contributed by atoms with Crippen molar-refractivity contribution >= 4 is 23.7 Å². The summed E-state index contributed by atoms with van der Waals surface area (Å²) in [5.74, 6) is -2.87. The summed E-state index contributed by atoms with van der Waals surface area (Å²) in [6.45, 7) is 1.04. The molecule has 1 unspecified atom stereocenters. The van der Waals surface area contributed by atoms with E-state index in [-0.39, 0.29) is 18.5 Å². The summed E-state index contributed by atoms with van der Waals surface area (Å²) < 4.78 is 24.7. The number of hydrogen-bond acceptors (Lipinski definition) is 9. The Morgan fingerprint density at radius 2 is 1.85 bits per heavy atom. The zero-order valence-electron chi connectivity index (χ0n) is 15.2. The topological polar surface area (TPSA) is 114 Å². The van der Waals surface area contributed by atoms with Crippen LogP contribution in [-0.4, -0.2) is 63.5 Å². The van der Waals surface area contributed by atoms with Crippen LogP contribution in [0.4, 0.5) is 0 Å². The van der Waals surface area contributed by atoms with E-state index in [1.165, 1.54) is 0 Å². The molecule has 0 aliphatic carbocycles. The average Bonchev–Trinajstić information content (AvgIpc) is 2.64. The normalized spacial score (nSPS) is 17.8. The van der Waals surface area contributed by atoms with Crippen LogP contribution >= 0.6 is 0 Å². The van der Waals surface area contributed by atoms with Gasteiger partial charge in [-0.1, -0.05) is 0 Å². The molecule has 0 bridgehead atoms. The lowest BCUT2D eigenvalue weighted by atomic mass is 10.1. The van der Waals surface area contributed by atoms with Crippen LogP contribution < -0.4 is 0 Å². The van der Waals surface area contributed by atoms with Gasteiger partial charge >= 0.3 is 17.9 Å². The van der Waals surface area contributed by atoms with Crippen LogP contribution in [0.1, 0.15) is 44.9 Å². The maximum Gasteiger partial charge on any atom is 0.347 e. The Balaban J connectivity index is 2.27. The van der Waals surface area contributed by atoms with Gasteiger partial charge in [-0.3, -0.25) is 14.4 Å². The Kier molecular flexibility index (Phi) is 10.5. The summed E-state index contributed by atoms with van der Waals surface area (Å²) in [4.78, 5) is 46.4. The predicted molar refractivity (Wildman–Crippen MR) is 86.9 cm³/mol. The molecule has 148 valence electrons. The fraction of sp³-hybridized carbons (Fsp3) is 0.765. The van der Waals surface area contributed by atoms with Gasteiger partial charge in [0.1, 0.15) is 12.2 Å². The van der Waals surface area contributed by atoms with Gasteiger partial charge in [-0.2, -0.15) is 0 Å². The minimum atomic E-state index is -1.43. The van der Waals surface area contributed by atoms with Gasteiger partial charge in [-0.25, -0.2) is 4.79 Å².